The number of carbonyl (C=O) groups is 2. The van der Waals surface area contributed by atoms with Crippen LogP contribution in [-0.4, -0.2) is 23.9 Å². The summed E-state index contributed by atoms with van der Waals surface area (Å²) in [5, 5.41) is 2.87. The Hall–Kier alpha value is -1.91. The van der Waals surface area contributed by atoms with Crippen LogP contribution in [0.1, 0.15) is 32.8 Å². The molecule has 1 aliphatic heterocycles. The first-order valence-corrected chi connectivity index (χ1v) is 7.06. The van der Waals surface area contributed by atoms with Gasteiger partial charge < -0.3 is 10.2 Å². The van der Waals surface area contributed by atoms with E-state index in [1.165, 1.54) is 11.0 Å². The van der Waals surface area contributed by atoms with Crippen molar-refractivity contribution in [3.05, 3.63) is 29.6 Å². The molecule has 1 aromatic rings. The molecular formula is C16H21FN2O2. The van der Waals surface area contributed by atoms with Gasteiger partial charge in [-0.1, -0.05) is 6.07 Å². The van der Waals surface area contributed by atoms with Crippen molar-refractivity contribution < 1.29 is 14.0 Å². The molecule has 1 fully saturated rings. The second-order valence-electron chi connectivity index (χ2n) is 6.60. The summed E-state index contributed by atoms with van der Waals surface area (Å²) in [5.41, 5.74) is 0.699. The van der Waals surface area contributed by atoms with E-state index in [-0.39, 0.29) is 36.0 Å². The van der Waals surface area contributed by atoms with Gasteiger partial charge in [0.1, 0.15) is 5.82 Å². The van der Waals surface area contributed by atoms with E-state index in [1.54, 1.807) is 19.1 Å². The smallest absolute Gasteiger partial charge is 0.227 e. The van der Waals surface area contributed by atoms with Crippen LogP contribution in [0, 0.1) is 18.7 Å². The fraction of sp³-hybridized carbons (Fsp3) is 0.500. The second-order valence-corrected chi connectivity index (χ2v) is 6.60. The van der Waals surface area contributed by atoms with E-state index in [4.69, 9.17) is 0 Å². The maximum Gasteiger partial charge on any atom is 0.227 e. The first-order chi connectivity index (χ1) is 9.67. The third-order valence-corrected chi connectivity index (χ3v) is 3.39. The molecule has 0 radical (unpaired) electrons. The lowest BCUT2D eigenvalue weighted by molar-refractivity contribution is -0.127. The van der Waals surface area contributed by atoms with Crippen LogP contribution in [0.3, 0.4) is 0 Å². The summed E-state index contributed by atoms with van der Waals surface area (Å²) >= 11 is 0. The van der Waals surface area contributed by atoms with Crippen molar-refractivity contribution in [3.8, 4) is 0 Å². The monoisotopic (exact) mass is 292 g/mol. The molecule has 2 amide bonds. The largest absolute Gasteiger partial charge is 0.351 e. The van der Waals surface area contributed by atoms with Gasteiger partial charge >= 0.3 is 0 Å². The number of anilines is 1. The lowest BCUT2D eigenvalue weighted by Crippen LogP contribution is -2.44. The summed E-state index contributed by atoms with van der Waals surface area (Å²) in [7, 11) is 0. The lowest BCUT2D eigenvalue weighted by atomic mass is 10.0. The van der Waals surface area contributed by atoms with Gasteiger partial charge in [0.15, 0.2) is 0 Å². The highest BCUT2D eigenvalue weighted by atomic mass is 19.1. The Morgan fingerprint density at radius 2 is 2.05 bits per heavy atom. The molecule has 1 N–H and O–H groups in total. The Morgan fingerprint density at radius 1 is 1.38 bits per heavy atom. The van der Waals surface area contributed by atoms with Crippen LogP contribution in [-0.2, 0) is 9.59 Å². The minimum atomic E-state index is -0.433. The van der Waals surface area contributed by atoms with Crippen molar-refractivity contribution in [1.29, 1.82) is 0 Å². The molecule has 1 atom stereocenters. The second kappa shape index (κ2) is 5.47. The van der Waals surface area contributed by atoms with Gasteiger partial charge in [-0.25, -0.2) is 4.39 Å². The first-order valence-electron chi connectivity index (χ1n) is 7.06. The first kappa shape index (κ1) is 15.5. The fourth-order valence-corrected chi connectivity index (χ4v) is 2.42. The summed E-state index contributed by atoms with van der Waals surface area (Å²) in [6, 6.07) is 4.74. The molecule has 0 saturated carbocycles. The summed E-state index contributed by atoms with van der Waals surface area (Å²) in [6.45, 7) is 7.68. The zero-order valence-corrected chi connectivity index (χ0v) is 12.9. The van der Waals surface area contributed by atoms with Crippen LogP contribution in [0.15, 0.2) is 18.2 Å². The minimum absolute atomic E-state index is 0.120. The topological polar surface area (TPSA) is 49.4 Å². The lowest BCUT2D eigenvalue weighted by Gasteiger charge is -2.23. The van der Waals surface area contributed by atoms with E-state index in [2.05, 4.69) is 5.32 Å². The molecule has 1 aliphatic rings. The SMILES string of the molecule is Cc1ccc(N2CC(C(=O)NC(C)(C)C)CC2=O)c(F)c1. The Kier molecular flexibility index (Phi) is 4.03. The number of halogens is 1. The quantitative estimate of drug-likeness (QED) is 0.910. The van der Waals surface area contributed by atoms with E-state index in [9.17, 15) is 14.0 Å². The van der Waals surface area contributed by atoms with E-state index in [0.29, 0.717) is 0 Å². The molecule has 1 unspecified atom stereocenters. The van der Waals surface area contributed by atoms with Gasteiger partial charge in [0.05, 0.1) is 11.6 Å². The number of amides is 2. The van der Waals surface area contributed by atoms with Gasteiger partial charge in [0, 0.05) is 18.5 Å². The molecule has 21 heavy (non-hydrogen) atoms. The maximum absolute atomic E-state index is 14.0. The summed E-state index contributed by atoms with van der Waals surface area (Å²) < 4.78 is 14.0. The maximum atomic E-state index is 14.0. The van der Waals surface area contributed by atoms with Crippen molar-refractivity contribution in [2.24, 2.45) is 5.92 Å². The van der Waals surface area contributed by atoms with Crippen LogP contribution >= 0.6 is 0 Å². The van der Waals surface area contributed by atoms with Gasteiger partial charge in [-0.2, -0.15) is 0 Å². The van der Waals surface area contributed by atoms with Gasteiger partial charge in [-0.05, 0) is 45.4 Å². The van der Waals surface area contributed by atoms with Gasteiger partial charge in [0.25, 0.3) is 0 Å². The number of nitrogens with zero attached hydrogens (tertiary/aromatic N) is 1. The third kappa shape index (κ3) is 3.60. The number of carbonyl (C=O) groups excluding carboxylic acids is 2. The fourth-order valence-electron chi connectivity index (χ4n) is 2.42. The molecular weight excluding hydrogens is 271 g/mol. The van der Waals surface area contributed by atoms with E-state index >= 15 is 0 Å². The molecule has 0 bridgehead atoms. The van der Waals surface area contributed by atoms with Gasteiger partial charge in [0.2, 0.25) is 11.8 Å². The zero-order valence-electron chi connectivity index (χ0n) is 12.9. The standard InChI is InChI=1S/C16H21FN2O2/c1-10-5-6-13(12(17)7-10)19-9-11(8-14(19)20)15(21)18-16(2,3)4/h5-7,11H,8-9H2,1-4H3,(H,18,21). The molecule has 0 spiro atoms. The number of benzene rings is 1. The Labute approximate surface area is 124 Å². The van der Waals surface area contributed by atoms with Crippen molar-refractivity contribution in [3.63, 3.8) is 0 Å². The highest BCUT2D eigenvalue weighted by molar-refractivity contribution is 6.00. The normalized spacial score (nSPS) is 19.0. The highest BCUT2D eigenvalue weighted by Gasteiger charge is 2.37. The highest BCUT2D eigenvalue weighted by Crippen LogP contribution is 2.28. The summed E-state index contributed by atoms with van der Waals surface area (Å²) in [4.78, 5) is 25.6. The van der Waals surface area contributed by atoms with E-state index in [1.807, 2.05) is 20.8 Å². The summed E-state index contributed by atoms with van der Waals surface area (Å²) in [5.74, 6) is -1.24. The molecule has 5 heteroatoms. The van der Waals surface area contributed by atoms with Gasteiger partial charge in [-0.3, -0.25) is 9.59 Å². The number of rotatable bonds is 2. The zero-order chi connectivity index (χ0) is 15.8. The number of aryl methyl sites for hydroxylation is 1. The predicted molar refractivity (Wildman–Crippen MR) is 79.5 cm³/mol. The van der Waals surface area contributed by atoms with Crippen LogP contribution in [0.25, 0.3) is 0 Å². The summed E-state index contributed by atoms with van der Waals surface area (Å²) in [6.07, 6.45) is 0.120. The Morgan fingerprint density at radius 3 is 2.62 bits per heavy atom. The van der Waals surface area contributed by atoms with Crippen LogP contribution < -0.4 is 10.2 Å². The van der Waals surface area contributed by atoms with E-state index < -0.39 is 11.7 Å². The molecule has 1 saturated heterocycles. The average Bonchev–Trinajstić information content (AvgIpc) is 2.69. The van der Waals surface area contributed by atoms with Crippen LogP contribution in [0.5, 0.6) is 0 Å². The van der Waals surface area contributed by atoms with Crippen molar-refractivity contribution >= 4 is 17.5 Å². The van der Waals surface area contributed by atoms with Crippen LogP contribution in [0.4, 0.5) is 10.1 Å². The third-order valence-electron chi connectivity index (χ3n) is 3.39. The van der Waals surface area contributed by atoms with E-state index in [0.717, 1.165) is 5.56 Å². The minimum Gasteiger partial charge on any atom is -0.351 e. The van der Waals surface area contributed by atoms with Crippen LogP contribution in [0.2, 0.25) is 0 Å². The molecule has 4 nitrogen and oxygen atoms in total. The molecule has 0 aromatic heterocycles. The van der Waals surface area contributed by atoms with Crippen molar-refractivity contribution in [1.82, 2.24) is 5.32 Å². The Bertz CT molecular complexity index is 578. The molecule has 1 heterocycles. The predicted octanol–water partition coefficient (Wildman–Crippen LogP) is 2.40. The number of hydrogen-bond acceptors (Lipinski definition) is 2. The Balaban J connectivity index is 2.14. The number of hydrogen-bond donors (Lipinski definition) is 1. The molecule has 114 valence electrons. The molecule has 2 rings (SSSR count). The molecule has 1 aromatic carbocycles. The average molecular weight is 292 g/mol. The van der Waals surface area contributed by atoms with Gasteiger partial charge in [-0.15, -0.1) is 0 Å². The molecule has 0 aliphatic carbocycles. The van der Waals surface area contributed by atoms with Crippen molar-refractivity contribution in [2.75, 3.05) is 11.4 Å². The van der Waals surface area contributed by atoms with Crippen molar-refractivity contribution in [2.45, 2.75) is 39.7 Å². The number of nitrogens with one attached hydrogen (secondary N) is 1.